The summed E-state index contributed by atoms with van der Waals surface area (Å²) >= 11 is 0. The third-order valence-corrected chi connectivity index (χ3v) is 2.13. The number of hydrogen-bond acceptors (Lipinski definition) is 6. The van der Waals surface area contributed by atoms with Gasteiger partial charge in [-0.1, -0.05) is 0 Å². The molecule has 1 aromatic carbocycles. The number of benzene rings is 1. The zero-order valence-electron chi connectivity index (χ0n) is 8.78. The highest BCUT2D eigenvalue weighted by Gasteiger charge is 2.27. The van der Waals surface area contributed by atoms with E-state index in [2.05, 4.69) is 4.74 Å². The van der Waals surface area contributed by atoms with Crippen LogP contribution < -0.4 is 10.5 Å². The van der Waals surface area contributed by atoms with Gasteiger partial charge in [-0.15, -0.1) is 0 Å². The molecule has 0 aliphatic heterocycles. The lowest BCUT2D eigenvalue weighted by atomic mass is 10.0. The van der Waals surface area contributed by atoms with E-state index in [1.165, 1.54) is 7.11 Å². The van der Waals surface area contributed by atoms with Crippen molar-refractivity contribution in [3.63, 3.8) is 0 Å². The first-order chi connectivity index (χ1) is 7.88. The van der Waals surface area contributed by atoms with Crippen LogP contribution in [0, 0.1) is 10.1 Å². The number of nitro benzene ring substituents is 1. The maximum Gasteiger partial charge on any atom is 0.325 e. The fourth-order valence-corrected chi connectivity index (χ4v) is 1.28. The lowest BCUT2D eigenvalue weighted by molar-refractivity contribution is -0.385. The summed E-state index contributed by atoms with van der Waals surface area (Å²) < 4.78 is 4.69. The van der Waals surface area contributed by atoms with Gasteiger partial charge in [-0.25, -0.2) is 0 Å². The van der Waals surface area contributed by atoms with Crippen LogP contribution >= 0.6 is 0 Å². The van der Waals surface area contributed by atoms with Gasteiger partial charge in [0.2, 0.25) is 0 Å². The summed E-state index contributed by atoms with van der Waals surface area (Å²) in [5, 5.41) is 28.9. The van der Waals surface area contributed by atoms with Crippen LogP contribution in [0.3, 0.4) is 0 Å². The molecule has 0 saturated heterocycles. The molecule has 0 amide bonds. The number of aromatic hydroxyl groups is 1. The molecule has 1 aromatic rings. The van der Waals surface area contributed by atoms with Gasteiger partial charge in [0.05, 0.1) is 23.7 Å². The molecule has 0 bridgehead atoms. The third kappa shape index (κ3) is 2.42. The first kappa shape index (κ1) is 12.7. The van der Waals surface area contributed by atoms with Crippen molar-refractivity contribution >= 4 is 11.7 Å². The number of nitro groups is 1. The predicted octanol–water partition coefficient (Wildman–Crippen LogP) is 0.393. The number of carbonyl (C=O) groups is 1. The zero-order chi connectivity index (χ0) is 13.2. The largest absolute Gasteiger partial charge is 0.504 e. The maximum atomic E-state index is 10.7. The van der Waals surface area contributed by atoms with E-state index in [1.807, 2.05) is 0 Å². The summed E-state index contributed by atoms with van der Waals surface area (Å²) in [5.74, 6) is -1.97. The predicted molar refractivity (Wildman–Crippen MR) is 55.9 cm³/mol. The minimum absolute atomic E-state index is 0.127. The highest BCUT2D eigenvalue weighted by molar-refractivity contribution is 5.77. The van der Waals surface area contributed by atoms with Gasteiger partial charge in [0, 0.05) is 0 Å². The number of phenolic OH excluding ortho intramolecular Hbond substituents is 1. The third-order valence-electron chi connectivity index (χ3n) is 2.13. The van der Waals surface area contributed by atoms with Gasteiger partial charge < -0.3 is 20.7 Å². The number of aliphatic carboxylic acids is 1. The average molecular weight is 242 g/mol. The lowest BCUT2D eigenvalue weighted by Crippen LogP contribution is -2.21. The van der Waals surface area contributed by atoms with Crippen molar-refractivity contribution in [1.82, 2.24) is 0 Å². The quantitative estimate of drug-likeness (QED) is 0.513. The molecule has 0 spiro atoms. The molecule has 0 unspecified atom stereocenters. The SMILES string of the molecule is COc1cc([N+](=O)[O-])c([C@H](N)C(=O)O)cc1O. The number of nitrogens with zero attached hydrogens (tertiary/aromatic N) is 1. The Morgan fingerprint density at radius 3 is 2.59 bits per heavy atom. The van der Waals surface area contributed by atoms with E-state index in [0.29, 0.717) is 0 Å². The van der Waals surface area contributed by atoms with Gasteiger partial charge in [-0.05, 0) is 6.07 Å². The van der Waals surface area contributed by atoms with Crippen molar-refractivity contribution in [2.45, 2.75) is 6.04 Å². The van der Waals surface area contributed by atoms with E-state index in [-0.39, 0.29) is 11.3 Å². The Morgan fingerprint density at radius 2 is 2.18 bits per heavy atom. The molecular formula is C9H10N2O6. The van der Waals surface area contributed by atoms with Crippen LogP contribution in [0.1, 0.15) is 11.6 Å². The number of rotatable bonds is 4. The van der Waals surface area contributed by atoms with E-state index < -0.39 is 28.4 Å². The number of carboxylic acid groups (broad SMARTS) is 1. The molecule has 0 aliphatic carbocycles. The summed E-state index contributed by atoms with van der Waals surface area (Å²) in [6.07, 6.45) is 0. The topological polar surface area (TPSA) is 136 Å². The van der Waals surface area contributed by atoms with Gasteiger partial charge in [0.1, 0.15) is 6.04 Å². The standard InChI is InChI=1S/C9H10N2O6/c1-17-7-3-5(11(15)16)4(2-6(7)12)8(10)9(13)14/h2-3,8,12H,10H2,1H3,(H,13,14)/t8-/m0/s1. The van der Waals surface area contributed by atoms with Crippen LogP contribution in [0.2, 0.25) is 0 Å². The average Bonchev–Trinajstić information content (AvgIpc) is 2.27. The van der Waals surface area contributed by atoms with Crippen molar-refractivity contribution in [3.05, 3.63) is 27.8 Å². The molecule has 8 nitrogen and oxygen atoms in total. The molecule has 0 aliphatic rings. The first-order valence-corrected chi connectivity index (χ1v) is 4.42. The minimum atomic E-state index is -1.59. The molecule has 0 heterocycles. The second kappa shape index (κ2) is 4.66. The van der Waals surface area contributed by atoms with E-state index >= 15 is 0 Å². The second-order valence-electron chi connectivity index (χ2n) is 3.16. The van der Waals surface area contributed by atoms with E-state index in [0.717, 1.165) is 12.1 Å². The van der Waals surface area contributed by atoms with Crippen LogP contribution in [0.15, 0.2) is 12.1 Å². The number of phenols is 1. The fraction of sp³-hybridized carbons (Fsp3) is 0.222. The maximum absolute atomic E-state index is 10.7. The summed E-state index contributed by atoms with van der Waals surface area (Å²) in [4.78, 5) is 20.6. The number of nitrogens with two attached hydrogens (primary N) is 1. The van der Waals surface area contributed by atoms with Crippen molar-refractivity contribution in [2.75, 3.05) is 7.11 Å². The molecule has 92 valence electrons. The Hall–Kier alpha value is -2.35. The summed E-state index contributed by atoms with van der Waals surface area (Å²) in [6, 6.07) is 0.246. The molecule has 1 atom stereocenters. The molecule has 1 rings (SSSR count). The highest BCUT2D eigenvalue weighted by Crippen LogP contribution is 2.35. The fourth-order valence-electron chi connectivity index (χ4n) is 1.28. The van der Waals surface area contributed by atoms with E-state index in [1.54, 1.807) is 0 Å². The van der Waals surface area contributed by atoms with E-state index in [9.17, 15) is 20.0 Å². The summed E-state index contributed by atoms with van der Waals surface area (Å²) in [6.45, 7) is 0. The number of methoxy groups -OCH3 is 1. The van der Waals surface area contributed by atoms with Gasteiger partial charge in [0.15, 0.2) is 11.5 Å². The van der Waals surface area contributed by atoms with Crippen LogP contribution in [-0.4, -0.2) is 28.2 Å². The Balaban J connectivity index is 3.42. The Kier molecular flexibility index (Phi) is 3.49. The monoisotopic (exact) mass is 242 g/mol. The van der Waals surface area contributed by atoms with Crippen molar-refractivity contribution in [3.8, 4) is 11.5 Å². The molecule has 17 heavy (non-hydrogen) atoms. The van der Waals surface area contributed by atoms with Crippen LogP contribution in [0.4, 0.5) is 5.69 Å². The Morgan fingerprint density at radius 1 is 1.59 bits per heavy atom. The van der Waals surface area contributed by atoms with Crippen molar-refractivity contribution in [1.29, 1.82) is 0 Å². The highest BCUT2D eigenvalue weighted by atomic mass is 16.6. The Labute approximate surface area is 95.4 Å². The van der Waals surface area contributed by atoms with Crippen molar-refractivity contribution in [2.24, 2.45) is 5.73 Å². The lowest BCUT2D eigenvalue weighted by Gasteiger charge is -2.10. The Bertz CT molecular complexity index is 473. The van der Waals surface area contributed by atoms with Gasteiger partial charge in [-0.3, -0.25) is 14.9 Å². The molecule has 0 fully saturated rings. The minimum Gasteiger partial charge on any atom is -0.504 e. The van der Waals surface area contributed by atoms with Crippen LogP contribution in [0.25, 0.3) is 0 Å². The molecular weight excluding hydrogens is 232 g/mol. The normalized spacial score (nSPS) is 11.9. The second-order valence-corrected chi connectivity index (χ2v) is 3.16. The van der Waals surface area contributed by atoms with Crippen LogP contribution in [0.5, 0.6) is 11.5 Å². The van der Waals surface area contributed by atoms with Crippen molar-refractivity contribution < 1.29 is 24.7 Å². The van der Waals surface area contributed by atoms with Gasteiger partial charge >= 0.3 is 5.97 Å². The summed E-state index contributed by atoms with van der Waals surface area (Å²) in [7, 11) is 1.22. The number of hydrogen-bond donors (Lipinski definition) is 3. The smallest absolute Gasteiger partial charge is 0.325 e. The van der Waals surface area contributed by atoms with Crippen LogP contribution in [-0.2, 0) is 4.79 Å². The molecule has 0 radical (unpaired) electrons. The number of carboxylic acids is 1. The summed E-state index contributed by atoms with van der Waals surface area (Å²) in [5.41, 5.74) is 4.47. The molecule has 0 saturated carbocycles. The van der Waals surface area contributed by atoms with Gasteiger partial charge in [0.25, 0.3) is 5.69 Å². The first-order valence-electron chi connectivity index (χ1n) is 4.42. The molecule has 4 N–H and O–H groups in total. The number of ether oxygens (including phenoxy) is 1. The zero-order valence-corrected chi connectivity index (χ0v) is 8.78. The van der Waals surface area contributed by atoms with Gasteiger partial charge in [-0.2, -0.15) is 0 Å². The van der Waals surface area contributed by atoms with E-state index in [4.69, 9.17) is 10.8 Å². The molecule has 8 heteroatoms. The molecule has 0 aromatic heterocycles.